The van der Waals surface area contributed by atoms with Gasteiger partial charge in [-0.05, 0) is 19.9 Å². The number of nitrogens with one attached hydrogen (secondary N) is 1. The fourth-order valence-electron chi connectivity index (χ4n) is 1.44. The molecule has 0 spiro atoms. The third-order valence-corrected chi connectivity index (χ3v) is 2.66. The molecule has 0 aliphatic heterocycles. The first kappa shape index (κ1) is 9.68. The monoisotopic (exact) mass is 213 g/mol. The molecule has 1 heterocycles. The minimum atomic E-state index is 0.224. The molecule has 1 fully saturated rings. The Kier molecular flexibility index (Phi) is 2.84. The van der Waals surface area contributed by atoms with E-state index in [-0.39, 0.29) is 6.10 Å². The minimum Gasteiger partial charge on any atom is -0.472 e. The first-order chi connectivity index (χ1) is 6.79. The fraction of sp³-hybridized carbons (Fsp3) is 0.556. The number of rotatable bonds is 3. The van der Waals surface area contributed by atoms with Gasteiger partial charge in [-0.3, -0.25) is 0 Å². The molecule has 1 saturated carbocycles. The molecule has 0 radical (unpaired) electrons. The second-order valence-corrected chi connectivity index (χ2v) is 3.71. The predicted molar refractivity (Wildman–Crippen MR) is 53.5 cm³/mol. The Morgan fingerprint density at radius 2 is 2.14 bits per heavy atom. The number of aromatic nitrogens is 2. The lowest BCUT2D eigenvalue weighted by Gasteiger charge is -2.34. The number of hydrogen-bond donors (Lipinski definition) is 1. The van der Waals surface area contributed by atoms with Gasteiger partial charge in [-0.1, -0.05) is 11.6 Å². The molecule has 0 saturated heterocycles. The van der Waals surface area contributed by atoms with Gasteiger partial charge < -0.3 is 10.1 Å². The summed E-state index contributed by atoms with van der Waals surface area (Å²) in [5, 5.41) is 3.52. The average molecular weight is 214 g/mol. The highest BCUT2D eigenvalue weighted by Crippen LogP contribution is 2.27. The SMILES string of the molecule is CN[C@H]1C[C@@H](Oc2nccnc2Cl)C1. The van der Waals surface area contributed by atoms with Crippen LogP contribution in [0.25, 0.3) is 0 Å². The molecule has 14 heavy (non-hydrogen) atoms. The quantitative estimate of drug-likeness (QED) is 0.821. The number of ether oxygens (including phenoxy) is 1. The molecule has 1 aromatic rings. The molecule has 4 nitrogen and oxygen atoms in total. The van der Waals surface area contributed by atoms with E-state index in [1.807, 2.05) is 7.05 Å². The first-order valence-electron chi connectivity index (χ1n) is 4.60. The van der Waals surface area contributed by atoms with Crippen LogP contribution in [0, 0.1) is 0 Å². The van der Waals surface area contributed by atoms with Crippen LogP contribution in [0.3, 0.4) is 0 Å². The lowest BCUT2D eigenvalue weighted by Crippen LogP contribution is -2.45. The molecular formula is C9H12ClN3O. The van der Waals surface area contributed by atoms with E-state index in [0.29, 0.717) is 17.1 Å². The molecule has 0 aromatic carbocycles. The summed E-state index contributed by atoms with van der Waals surface area (Å²) < 4.78 is 5.57. The molecule has 0 bridgehead atoms. The molecule has 1 aromatic heterocycles. The zero-order valence-electron chi connectivity index (χ0n) is 7.90. The summed E-state index contributed by atoms with van der Waals surface area (Å²) in [4.78, 5) is 7.91. The maximum Gasteiger partial charge on any atom is 0.252 e. The van der Waals surface area contributed by atoms with Crippen molar-refractivity contribution < 1.29 is 4.74 Å². The van der Waals surface area contributed by atoms with Gasteiger partial charge in [0.15, 0.2) is 5.15 Å². The van der Waals surface area contributed by atoms with Gasteiger partial charge in [0.25, 0.3) is 5.88 Å². The molecule has 1 aliphatic carbocycles. The van der Waals surface area contributed by atoms with Crippen molar-refractivity contribution in [3.05, 3.63) is 17.5 Å². The molecule has 5 heteroatoms. The molecule has 2 rings (SSSR count). The number of hydrogen-bond acceptors (Lipinski definition) is 4. The zero-order valence-corrected chi connectivity index (χ0v) is 8.66. The Hall–Kier alpha value is -0.870. The Bertz CT molecular complexity index is 315. The smallest absolute Gasteiger partial charge is 0.252 e. The Morgan fingerprint density at radius 1 is 1.43 bits per heavy atom. The van der Waals surface area contributed by atoms with Crippen LogP contribution >= 0.6 is 11.6 Å². The summed E-state index contributed by atoms with van der Waals surface area (Å²) in [6, 6.07) is 0.565. The number of nitrogens with zero attached hydrogens (tertiary/aromatic N) is 2. The zero-order chi connectivity index (χ0) is 9.97. The maximum absolute atomic E-state index is 5.81. The van der Waals surface area contributed by atoms with Gasteiger partial charge in [-0.2, -0.15) is 0 Å². The summed E-state index contributed by atoms with van der Waals surface area (Å²) in [7, 11) is 1.95. The Balaban J connectivity index is 1.90. The summed E-state index contributed by atoms with van der Waals surface area (Å²) in [5.74, 6) is 0.439. The van der Waals surface area contributed by atoms with Gasteiger partial charge in [0.2, 0.25) is 0 Å². The third kappa shape index (κ3) is 1.96. The van der Waals surface area contributed by atoms with E-state index >= 15 is 0 Å². The molecule has 0 atom stereocenters. The highest BCUT2D eigenvalue weighted by molar-refractivity contribution is 6.30. The van der Waals surface area contributed by atoms with E-state index in [1.54, 1.807) is 12.4 Å². The number of halogens is 1. The highest BCUT2D eigenvalue weighted by atomic mass is 35.5. The van der Waals surface area contributed by atoms with E-state index in [4.69, 9.17) is 16.3 Å². The van der Waals surface area contributed by atoms with Crippen molar-refractivity contribution in [3.8, 4) is 5.88 Å². The molecular weight excluding hydrogens is 202 g/mol. The van der Waals surface area contributed by atoms with Gasteiger partial charge in [-0.15, -0.1) is 0 Å². The first-order valence-corrected chi connectivity index (χ1v) is 4.98. The van der Waals surface area contributed by atoms with Crippen molar-refractivity contribution in [2.24, 2.45) is 0 Å². The second-order valence-electron chi connectivity index (χ2n) is 3.35. The van der Waals surface area contributed by atoms with Crippen molar-refractivity contribution in [1.29, 1.82) is 0 Å². The lowest BCUT2D eigenvalue weighted by atomic mass is 9.89. The summed E-state index contributed by atoms with van der Waals surface area (Å²) in [6.07, 6.45) is 5.36. The van der Waals surface area contributed by atoms with Gasteiger partial charge >= 0.3 is 0 Å². The van der Waals surface area contributed by atoms with Crippen LogP contribution in [0.1, 0.15) is 12.8 Å². The Morgan fingerprint density at radius 3 is 2.79 bits per heavy atom. The van der Waals surface area contributed by atoms with Crippen LogP contribution in [0.2, 0.25) is 5.15 Å². The van der Waals surface area contributed by atoms with Crippen LogP contribution in [0.5, 0.6) is 5.88 Å². The van der Waals surface area contributed by atoms with Crippen LogP contribution in [0.4, 0.5) is 0 Å². The van der Waals surface area contributed by atoms with Crippen molar-refractivity contribution in [2.75, 3.05) is 7.05 Å². The second kappa shape index (κ2) is 4.11. The van der Waals surface area contributed by atoms with Crippen molar-refractivity contribution in [3.63, 3.8) is 0 Å². The summed E-state index contributed by atoms with van der Waals surface area (Å²) in [5.41, 5.74) is 0. The van der Waals surface area contributed by atoms with Gasteiger partial charge in [0.05, 0.1) is 0 Å². The van der Waals surface area contributed by atoms with Crippen molar-refractivity contribution >= 4 is 11.6 Å². The minimum absolute atomic E-state index is 0.224. The van der Waals surface area contributed by atoms with Crippen molar-refractivity contribution in [2.45, 2.75) is 25.0 Å². The maximum atomic E-state index is 5.81. The van der Waals surface area contributed by atoms with Crippen LogP contribution in [-0.2, 0) is 0 Å². The molecule has 0 amide bonds. The Labute approximate surface area is 87.7 Å². The fourth-order valence-corrected chi connectivity index (χ4v) is 1.59. The predicted octanol–water partition coefficient (Wildman–Crippen LogP) is 1.26. The molecule has 1 aliphatic rings. The topological polar surface area (TPSA) is 47.0 Å². The standard InChI is InChI=1S/C9H12ClN3O/c1-11-6-4-7(5-6)14-9-8(10)12-2-3-13-9/h2-3,6-7,11H,4-5H2,1H3/t6-,7+. The molecule has 1 N–H and O–H groups in total. The largest absolute Gasteiger partial charge is 0.472 e. The van der Waals surface area contributed by atoms with E-state index in [9.17, 15) is 0 Å². The van der Waals surface area contributed by atoms with E-state index < -0.39 is 0 Å². The van der Waals surface area contributed by atoms with Gasteiger partial charge in [-0.25, -0.2) is 9.97 Å². The van der Waals surface area contributed by atoms with Crippen LogP contribution < -0.4 is 10.1 Å². The normalized spacial score (nSPS) is 25.6. The van der Waals surface area contributed by atoms with Gasteiger partial charge in [0.1, 0.15) is 6.10 Å². The highest BCUT2D eigenvalue weighted by Gasteiger charge is 2.30. The third-order valence-electron chi connectivity index (χ3n) is 2.40. The molecule has 76 valence electrons. The van der Waals surface area contributed by atoms with Crippen LogP contribution in [0.15, 0.2) is 12.4 Å². The van der Waals surface area contributed by atoms with E-state index in [1.165, 1.54) is 0 Å². The average Bonchev–Trinajstić information content (AvgIpc) is 2.13. The van der Waals surface area contributed by atoms with Gasteiger partial charge in [0, 0.05) is 18.4 Å². The summed E-state index contributed by atoms with van der Waals surface area (Å²) in [6.45, 7) is 0. The van der Waals surface area contributed by atoms with Crippen molar-refractivity contribution in [1.82, 2.24) is 15.3 Å². The molecule has 0 unspecified atom stereocenters. The van der Waals surface area contributed by atoms with E-state index in [0.717, 1.165) is 12.8 Å². The van der Waals surface area contributed by atoms with Crippen LogP contribution in [-0.4, -0.2) is 29.2 Å². The summed E-state index contributed by atoms with van der Waals surface area (Å²) >= 11 is 5.81. The lowest BCUT2D eigenvalue weighted by molar-refractivity contribution is 0.0836. The van der Waals surface area contributed by atoms with E-state index in [2.05, 4.69) is 15.3 Å².